The highest BCUT2D eigenvalue weighted by molar-refractivity contribution is 6.33. The van der Waals surface area contributed by atoms with Gasteiger partial charge in [0.1, 0.15) is 5.82 Å². The van der Waals surface area contributed by atoms with Crippen molar-refractivity contribution in [1.82, 2.24) is 0 Å². The summed E-state index contributed by atoms with van der Waals surface area (Å²) in [6.07, 6.45) is 0. The van der Waals surface area contributed by atoms with Gasteiger partial charge in [0, 0.05) is 12.6 Å². The highest BCUT2D eigenvalue weighted by atomic mass is 35.5. The van der Waals surface area contributed by atoms with Crippen LogP contribution in [0.3, 0.4) is 0 Å². The molecule has 0 aliphatic carbocycles. The molecule has 0 saturated carbocycles. The van der Waals surface area contributed by atoms with Gasteiger partial charge in [0.05, 0.1) is 15.7 Å². The lowest BCUT2D eigenvalue weighted by Crippen LogP contribution is -2.03. The fourth-order valence-electron chi connectivity index (χ4n) is 2.02. The third-order valence-electron chi connectivity index (χ3n) is 2.96. The molecular weight excluding hydrogens is 323 g/mol. The Labute approximate surface area is 129 Å². The van der Waals surface area contributed by atoms with Crippen LogP contribution in [0.2, 0.25) is 10.0 Å². The van der Waals surface area contributed by atoms with Gasteiger partial charge in [-0.2, -0.15) is 0 Å². The maximum atomic E-state index is 13.7. The molecule has 0 amide bonds. The number of hydrogen-bond acceptors (Lipinski definition) is 3. The molecule has 3 rings (SSSR count). The molecule has 110 valence electrons. The largest absolute Gasteiger partial charge is 0.454 e. The number of fused-ring (bicyclic) bond motifs is 1. The molecule has 1 aliphatic heterocycles. The Morgan fingerprint density at radius 3 is 2.62 bits per heavy atom. The van der Waals surface area contributed by atoms with Crippen LogP contribution in [-0.4, -0.2) is 6.79 Å². The minimum Gasteiger partial charge on any atom is -0.454 e. The van der Waals surface area contributed by atoms with Crippen molar-refractivity contribution in [2.75, 3.05) is 12.1 Å². The number of rotatable bonds is 3. The molecule has 1 aliphatic rings. The molecule has 2 aromatic carbocycles. The summed E-state index contributed by atoms with van der Waals surface area (Å²) < 4.78 is 37.1. The van der Waals surface area contributed by atoms with Crippen LogP contribution in [0.4, 0.5) is 14.5 Å². The Morgan fingerprint density at radius 2 is 1.86 bits per heavy atom. The number of nitrogens with one attached hydrogen (secondary N) is 1. The summed E-state index contributed by atoms with van der Waals surface area (Å²) in [6.45, 7) is 0.364. The van der Waals surface area contributed by atoms with E-state index in [4.69, 9.17) is 32.7 Å². The van der Waals surface area contributed by atoms with Crippen molar-refractivity contribution in [1.29, 1.82) is 0 Å². The van der Waals surface area contributed by atoms with Crippen molar-refractivity contribution in [3.63, 3.8) is 0 Å². The van der Waals surface area contributed by atoms with E-state index in [1.165, 1.54) is 0 Å². The van der Waals surface area contributed by atoms with Crippen molar-refractivity contribution in [2.45, 2.75) is 6.54 Å². The molecule has 0 unspecified atom stereocenters. The van der Waals surface area contributed by atoms with Gasteiger partial charge in [0.25, 0.3) is 0 Å². The molecule has 0 saturated heterocycles. The Balaban J connectivity index is 1.81. The van der Waals surface area contributed by atoms with E-state index >= 15 is 0 Å². The van der Waals surface area contributed by atoms with E-state index < -0.39 is 11.6 Å². The Morgan fingerprint density at radius 1 is 1.05 bits per heavy atom. The zero-order chi connectivity index (χ0) is 15.0. The average Bonchev–Trinajstić information content (AvgIpc) is 2.86. The fourth-order valence-corrected chi connectivity index (χ4v) is 2.57. The molecule has 1 N–H and O–H groups in total. The molecule has 7 heteroatoms. The van der Waals surface area contributed by atoms with E-state index in [2.05, 4.69) is 5.32 Å². The monoisotopic (exact) mass is 331 g/mol. The van der Waals surface area contributed by atoms with Gasteiger partial charge in [0.2, 0.25) is 6.79 Å². The summed E-state index contributed by atoms with van der Waals surface area (Å²) >= 11 is 11.9. The number of halogens is 4. The topological polar surface area (TPSA) is 30.5 Å². The number of benzene rings is 2. The minimum absolute atomic E-state index is 0.0284. The highest BCUT2D eigenvalue weighted by Gasteiger charge is 2.18. The predicted octanol–water partition coefficient (Wildman–Crippen LogP) is 4.61. The van der Waals surface area contributed by atoms with Crippen molar-refractivity contribution >= 4 is 28.9 Å². The van der Waals surface area contributed by atoms with Crippen LogP contribution in [0, 0.1) is 11.6 Å². The second-order valence-corrected chi connectivity index (χ2v) is 5.22. The quantitative estimate of drug-likeness (QED) is 0.890. The van der Waals surface area contributed by atoms with E-state index in [0.29, 0.717) is 16.5 Å². The van der Waals surface area contributed by atoms with E-state index in [1.807, 2.05) is 0 Å². The average molecular weight is 332 g/mol. The summed E-state index contributed by atoms with van der Waals surface area (Å²) in [5, 5.41) is 3.20. The molecule has 21 heavy (non-hydrogen) atoms. The zero-order valence-corrected chi connectivity index (χ0v) is 12.1. The Kier molecular flexibility index (Phi) is 3.78. The molecule has 0 spiro atoms. The van der Waals surface area contributed by atoms with Crippen molar-refractivity contribution in [3.8, 4) is 11.5 Å². The van der Waals surface area contributed by atoms with Gasteiger partial charge in [-0.25, -0.2) is 8.78 Å². The van der Waals surface area contributed by atoms with Gasteiger partial charge < -0.3 is 14.8 Å². The van der Waals surface area contributed by atoms with Crippen molar-refractivity contribution in [3.05, 3.63) is 51.5 Å². The molecule has 0 fully saturated rings. The Hall–Kier alpha value is -1.72. The molecule has 0 atom stereocenters. The standard InChI is InChI=1S/C14H9Cl2F2NO2/c15-9-3-8(17)4-11(18)13(9)19-5-7-1-10(16)14-12(2-7)20-6-21-14/h1-4,19H,5-6H2. The van der Waals surface area contributed by atoms with Gasteiger partial charge in [-0.05, 0) is 23.8 Å². The Bertz CT molecular complexity index is 687. The first-order valence-electron chi connectivity index (χ1n) is 6.01. The summed E-state index contributed by atoms with van der Waals surface area (Å²) in [4.78, 5) is 0. The zero-order valence-electron chi connectivity index (χ0n) is 10.6. The van der Waals surface area contributed by atoms with Gasteiger partial charge in [-0.1, -0.05) is 23.2 Å². The normalized spacial score (nSPS) is 12.6. The molecule has 2 aromatic rings. The third kappa shape index (κ3) is 2.84. The molecular formula is C14H9Cl2F2NO2. The second kappa shape index (κ2) is 5.58. The van der Waals surface area contributed by atoms with Crippen LogP contribution >= 0.6 is 23.2 Å². The third-order valence-corrected chi connectivity index (χ3v) is 3.54. The lowest BCUT2D eigenvalue weighted by atomic mass is 10.2. The maximum Gasteiger partial charge on any atom is 0.231 e. The molecule has 3 nitrogen and oxygen atoms in total. The van der Waals surface area contributed by atoms with E-state index in [1.54, 1.807) is 12.1 Å². The van der Waals surface area contributed by atoms with Gasteiger partial charge >= 0.3 is 0 Å². The van der Waals surface area contributed by atoms with Crippen LogP contribution in [0.5, 0.6) is 11.5 Å². The van der Waals surface area contributed by atoms with Gasteiger partial charge in [0.15, 0.2) is 17.3 Å². The smallest absolute Gasteiger partial charge is 0.231 e. The van der Waals surface area contributed by atoms with Crippen LogP contribution < -0.4 is 14.8 Å². The summed E-state index contributed by atoms with van der Waals surface area (Å²) in [5.74, 6) is -0.461. The minimum atomic E-state index is -0.758. The van der Waals surface area contributed by atoms with Crippen LogP contribution in [0.25, 0.3) is 0 Å². The first-order valence-corrected chi connectivity index (χ1v) is 6.76. The number of ether oxygens (including phenoxy) is 2. The molecule has 0 aromatic heterocycles. The van der Waals surface area contributed by atoms with Crippen molar-refractivity contribution in [2.24, 2.45) is 0 Å². The summed E-state index contributed by atoms with van der Waals surface area (Å²) in [7, 11) is 0. The first-order chi connectivity index (χ1) is 10.0. The van der Waals surface area contributed by atoms with Crippen LogP contribution in [0.15, 0.2) is 24.3 Å². The maximum absolute atomic E-state index is 13.7. The number of hydrogen-bond donors (Lipinski definition) is 1. The SMILES string of the molecule is Fc1cc(F)c(NCc2cc(Cl)c3c(c2)OCO3)c(Cl)c1. The van der Waals surface area contributed by atoms with Crippen LogP contribution in [-0.2, 0) is 6.54 Å². The molecule has 0 bridgehead atoms. The summed E-state index contributed by atoms with van der Waals surface area (Å²) in [6, 6.07) is 5.22. The molecule has 1 heterocycles. The van der Waals surface area contributed by atoms with Gasteiger partial charge in [-0.3, -0.25) is 0 Å². The van der Waals surface area contributed by atoms with E-state index in [9.17, 15) is 8.78 Å². The summed E-state index contributed by atoms with van der Waals surface area (Å²) in [5.41, 5.74) is 0.788. The lowest BCUT2D eigenvalue weighted by molar-refractivity contribution is 0.174. The fraction of sp³-hybridized carbons (Fsp3) is 0.143. The second-order valence-electron chi connectivity index (χ2n) is 4.41. The predicted molar refractivity (Wildman–Crippen MR) is 76.3 cm³/mol. The van der Waals surface area contributed by atoms with Crippen molar-refractivity contribution < 1.29 is 18.3 Å². The van der Waals surface area contributed by atoms with Crippen LogP contribution in [0.1, 0.15) is 5.56 Å². The van der Waals surface area contributed by atoms with E-state index in [-0.39, 0.29) is 24.0 Å². The van der Waals surface area contributed by atoms with Gasteiger partial charge in [-0.15, -0.1) is 0 Å². The molecule has 0 radical (unpaired) electrons. The highest BCUT2D eigenvalue weighted by Crippen LogP contribution is 2.40. The first kappa shape index (κ1) is 14.2. The number of anilines is 1. The van der Waals surface area contributed by atoms with E-state index in [0.717, 1.165) is 17.7 Å². The lowest BCUT2D eigenvalue weighted by Gasteiger charge is -2.11.